The van der Waals surface area contributed by atoms with Crippen LogP contribution >= 0.6 is 0 Å². The third kappa shape index (κ3) is 2.41. The average molecular weight is 273 g/mol. The monoisotopic (exact) mass is 273 g/mol. The van der Waals surface area contributed by atoms with Crippen LogP contribution in [0.1, 0.15) is 32.1 Å². The summed E-state index contributed by atoms with van der Waals surface area (Å²) < 4.78 is 0. The van der Waals surface area contributed by atoms with E-state index in [4.69, 9.17) is 5.73 Å². The molecule has 3 rings (SSSR count). The number of benzene rings is 1. The van der Waals surface area contributed by atoms with Crippen LogP contribution in [0.3, 0.4) is 0 Å². The lowest BCUT2D eigenvalue weighted by Gasteiger charge is -2.32. The molecule has 0 bridgehead atoms. The fourth-order valence-electron chi connectivity index (χ4n) is 3.11. The van der Waals surface area contributed by atoms with Crippen molar-refractivity contribution in [2.75, 3.05) is 16.8 Å². The Bertz CT molecular complexity index is 550. The van der Waals surface area contributed by atoms with E-state index in [0.717, 1.165) is 31.4 Å². The molecule has 0 spiro atoms. The number of hydrogen-bond donors (Lipinski definition) is 2. The second-order valence-electron chi connectivity index (χ2n) is 5.79. The van der Waals surface area contributed by atoms with Crippen molar-refractivity contribution in [1.82, 2.24) is 0 Å². The maximum atomic E-state index is 12.5. The molecule has 0 radical (unpaired) electrons. The Kier molecular flexibility index (Phi) is 3.22. The summed E-state index contributed by atoms with van der Waals surface area (Å²) in [6.45, 7) is 0.0753. The van der Waals surface area contributed by atoms with Gasteiger partial charge in [-0.25, -0.2) is 0 Å². The molecule has 2 amide bonds. The van der Waals surface area contributed by atoms with Crippen LogP contribution in [-0.2, 0) is 9.59 Å². The SMILES string of the molecule is NC1(CC(=O)N2CC(=O)Nc3ccccc32)CCCC1. The minimum absolute atomic E-state index is 0.0586. The van der Waals surface area contributed by atoms with Gasteiger partial charge in [0.05, 0.1) is 11.4 Å². The van der Waals surface area contributed by atoms with Crippen molar-refractivity contribution in [3.63, 3.8) is 0 Å². The molecule has 5 heteroatoms. The van der Waals surface area contributed by atoms with Gasteiger partial charge in [-0.15, -0.1) is 0 Å². The molecule has 3 N–H and O–H groups in total. The Balaban J connectivity index is 1.83. The van der Waals surface area contributed by atoms with Gasteiger partial charge in [0.2, 0.25) is 11.8 Å². The largest absolute Gasteiger partial charge is 0.325 e. The van der Waals surface area contributed by atoms with Crippen LogP contribution in [0.25, 0.3) is 0 Å². The Labute approximate surface area is 118 Å². The Hall–Kier alpha value is -1.88. The van der Waals surface area contributed by atoms with Crippen molar-refractivity contribution in [2.45, 2.75) is 37.6 Å². The number of nitrogens with one attached hydrogen (secondary N) is 1. The number of anilines is 2. The minimum Gasteiger partial charge on any atom is -0.325 e. The predicted molar refractivity (Wildman–Crippen MR) is 77.4 cm³/mol. The van der Waals surface area contributed by atoms with Gasteiger partial charge >= 0.3 is 0 Å². The molecular formula is C15H19N3O2. The second-order valence-corrected chi connectivity index (χ2v) is 5.79. The third-order valence-electron chi connectivity index (χ3n) is 4.17. The maximum Gasteiger partial charge on any atom is 0.244 e. The summed E-state index contributed by atoms with van der Waals surface area (Å²) in [5, 5.41) is 2.78. The highest BCUT2D eigenvalue weighted by atomic mass is 16.2. The maximum absolute atomic E-state index is 12.5. The quantitative estimate of drug-likeness (QED) is 0.860. The number of para-hydroxylation sites is 2. The van der Waals surface area contributed by atoms with Crippen molar-refractivity contribution in [2.24, 2.45) is 5.73 Å². The zero-order chi connectivity index (χ0) is 14.2. The highest BCUT2D eigenvalue weighted by Gasteiger charge is 2.35. The van der Waals surface area contributed by atoms with E-state index in [-0.39, 0.29) is 23.9 Å². The fourth-order valence-corrected chi connectivity index (χ4v) is 3.11. The molecule has 0 unspecified atom stereocenters. The van der Waals surface area contributed by atoms with E-state index in [1.54, 1.807) is 11.0 Å². The third-order valence-corrected chi connectivity index (χ3v) is 4.17. The fraction of sp³-hybridized carbons (Fsp3) is 0.467. The number of carbonyl (C=O) groups excluding carboxylic acids is 2. The van der Waals surface area contributed by atoms with E-state index < -0.39 is 0 Å². The molecule has 5 nitrogen and oxygen atoms in total. The number of nitrogens with zero attached hydrogens (tertiary/aromatic N) is 1. The average Bonchev–Trinajstić information content (AvgIpc) is 2.84. The van der Waals surface area contributed by atoms with Crippen molar-refractivity contribution >= 4 is 23.2 Å². The molecule has 1 fully saturated rings. The molecule has 106 valence electrons. The van der Waals surface area contributed by atoms with E-state index in [1.807, 2.05) is 18.2 Å². The lowest BCUT2D eigenvalue weighted by molar-refractivity contribution is -0.122. The van der Waals surface area contributed by atoms with E-state index >= 15 is 0 Å². The van der Waals surface area contributed by atoms with Crippen molar-refractivity contribution in [3.8, 4) is 0 Å². The lowest BCUT2D eigenvalue weighted by atomic mass is 9.93. The van der Waals surface area contributed by atoms with Crippen LogP contribution in [0.15, 0.2) is 24.3 Å². The van der Waals surface area contributed by atoms with Crippen molar-refractivity contribution < 1.29 is 9.59 Å². The van der Waals surface area contributed by atoms with Crippen LogP contribution < -0.4 is 16.0 Å². The molecule has 0 atom stereocenters. The van der Waals surface area contributed by atoms with Gasteiger partial charge in [0.25, 0.3) is 0 Å². The van der Waals surface area contributed by atoms with E-state index in [0.29, 0.717) is 12.1 Å². The van der Waals surface area contributed by atoms with Gasteiger partial charge in [-0.2, -0.15) is 0 Å². The second kappa shape index (κ2) is 4.90. The smallest absolute Gasteiger partial charge is 0.244 e. The first-order chi connectivity index (χ1) is 9.57. The van der Waals surface area contributed by atoms with E-state index in [1.165, 1.54) is 0 Å². The molecule has 1 aromatic rings. The molecule has 1 aromatic carbocycles. The molecule has 0 saturated heterocycles. The molecule has 2 aliphatic rings. The number of carbonyl (C=O) groups is 2. The Morgan fingerprint density at radius 2 is 2.00 bits per heavy atom. The number of rotatable bonds is 2. The summed E-state index contributed by atoms with van der Waals surface area (Å²) in [6.07, 6.45) is 4.26. The van der Waals surface area contributed by atoms with Crippen molar-refractivity contribution in [3.05, 3.63) is 24.3 Å². The zero-order valence-electron chi connectivity index (χ0n) is 11.4. The topological polar surface area (TPSA) is 75.4 Å². The first kappa shape index (κ1) is 13.1. The first-order valence-electron chi connectivity index (χ1n) is 7.06. The van der Waals surface area contributed by atoms with Crippen LogP contribution in [0.4, 0.5) is 11.4 Å². The minimum atomic E-state index is -0.389. The standard InChI is InChI=1S/C15H19N3O2/c16-15(7-3-4-8-15)9-14(20)18-10-13(19)17-11-5-1-2-6-12(11)18/h1-2,5-6H,3-4,7-10,16H2,(H,17,19). The highest BCUT2D eigenvalue weighted by Crippen LogP contribution is 2.34. The summed E-state index contributed by atoms with van der Waals surface area (Å²) in [6, 6.07) is 7.36. The number of hydrogen-bond acceptors (Lipinski definition) is 3. The van der Waals surface area contributed by atoms with Crippen molar-refractivity contribution in [1.29, 1.82) is 0 Å². The molecule has 1 aliphatic carbocycles. The van der Waals surface area contributed by atoms with Crippen LogP contribution in [-0.4, -0.2) is 23.9 Å². The summed E-state index contributed by atoms with van der Waals surface area (Å²) >= 11 is 0. The van der Waals surface area contributed by atoms with Crippen LogP contribution in [0.5, 0.6) is 0 Å². The molecule has 1 saturated carbocycles. The molecule has 1 aliphatic heterocycles. The highest BCUT2D eigenvalue weighted by molar-refractivity contribution is 6.10. The van der Waals surface area contributed by atoms with Gasteiger partial charge in [-0.1, -0.05) is 25.0 Å². The molecule has 0 aromatic heterocycles. The summed E-state index contributed by atoms with van der Waals surface area (Å²) in [7, 11) is 0. The summed E-state index contributed by atoms with van der Waals surface area (Å²) in [4.78, 5) is 25.8. The predicted octanol–water partition coefficient (Wildman–Crippen LogP) is 1.63. The van der Waals surface area contributed by atoms with Gasteiger partial charge in [0.15, 0.2) is 0 Å². The number of amides is 2. The summed E-state index contributed by atoms with van der Waals surface area (Å²) in [5.41, 5.74) is 7.34. The van der Waals surface area contributed by atoms with Gasteiger partial charge in [-0.05, 0) is 25.0 Å². The van der Waals surface area contributed by atoms with Gasteiger partial charge in [0.1, 0.15) is 6.54 Å². The van der Waals surface area contributed by atoms with Gasteiger partial charge in [-0.3, -0.25) is 9.59 Å². The van der Waals surface area contributed by atoms with E-state index in [2.05, 4.69) is 5.32 Å². The first-order valence-corrected chi connectivity index (χ1v) is 7.06. The Morgan fingerprint density at radius 1 is 1.30 bits per heavy atom. The summed E-state index contributed by atoms with van der Waals surface area (Å²) in [5.74, 6) is -0.216. The van der Waals surface area contributed by atoms with Crippen LogP contribution in [0.2, 0.25) is 0 Å². The molecule has 1 heterocycles. The van der Waals surface area contributed by atoms with Gasteiger partial charge < -0.3 is 16.0 Å². The number of fused-ring (bicyclic) bond motifs is 1. The number of nitrogens with two attached hydrogens (primary N) is 1. The molecular weight excluding hydrogens is 254 g/mol. The molecule has 20 heavy (non-hydrogen) atoms. The van der Waals surface area contributed by atoms with Gasteiger partial charge in [0, 0.05) is 12.0 Å². The van der Waals surface area contributed by atoms with E-state index in [9.17, 15) is 9.59 Å². The Morgan fingerprint density at radius 3 is 2.75 bits per heavy atom. The lowest BCUT2D eigenvalue weighted by Crippen LogP contribution is -2.47. The zero-order valence-corrected chi connectivity index (χ0v) is 11.4. The normalized spacial score (nSPS) is 20.4. The van der Waals surface area contributed by atoms with Crippen LogP contribution in [0, 0.1) is 0 Å².